The molecule has 0 spiro atoms. The zero-order valence-corrected chi connectivity index (χ0v) is 11.6. The van der Waals surface area contributed by atoms with Crippen LogP contribution in [0.1, 0.15) is 0 Å². The average Bonchev–Trinajstić information content (AvgIpc) is 3.03. The van der Waals surface area contributed by atoms with Gasteiger partial charge in [0.2, 0.25) is 0 Å². The largest absolute Gasteiger partial charge is 0.378 e. The molecule has 1 fully saturated rings. The third-order valence-electron chi connectivity index (χ3n) is 3.09. The second-order valence-corrected chi connectivity index (χ2v) is 5.01. The van der Waals surface area contributed by atoms with Gasteiger partial charge in [0.1, 0.15) is 5.69 Å². The molecular weight excluding hydrogens is 276 g/mol. The van der Waals surface area contributed by atoms with Crippen LogP contribution in [0.5, 0.6) is 0 Å². The number of anilines is 1. The van der Waals surface area contributed by atoms with Gasteiger partial charge in [-0.25, -0.2) is 4.79 Å². The molecule has 3 rings (SSSR count). The molecule has 0 aliphatic carbocycles. The number of morpholine rings is 1. The van der Waals surface area contributed by atoms with Gasteiger partial charge in [0, 0.05) is 29.7 Å². The highest BCUT2D eigenvalue weighted by atomic mass is 32.1. The molecule has 6 nitrogen and oxygen atoms in total. The summed E-state index contributed by atoms with van der Waals surface area (Å²) in [6.45, 7) is 2.47. The molecule has 0 bridgehead atoms. The van der Waals surface area contributed by atoms with Crippen LogP contribution in [0.3, 0.4) is 0 Å². The van der Waals surface area contributed by atoms with Crippen LogP contribution in [0, 0.1) is 0 Å². The summed E-state index contributed by atoms with van der Waals surface area (Å²) in [6, 6.07) is 7.49. The second-order valence-electron chi connectivity index (χ2n) is 4.40. The van der Waals surface area contributed by atoms with Crippen molar-refractivity contribution in [1.29, 1.82) is 0 Å². The van der Waals surface area contributed by atoms with E-state index >= 15 is 0 Å². The topological polar surface area (TPSA) is 67.4 Å². The summed E-state index contributed by atoms with van der Waals surface area (Å²) in [5.74, 6) is 0. The summed E-state index contributed by atoms with van der Waals surface area (Å²) < 4.78 is 9.06. The lowest BCUT2D eigenvalue weighted by molar-refractivity contribution is 0.0564. The number of nitrogens with one attached hydrogen (secondary N) is 1. The first-order valence-corrected chi connectivity index (χ1v) is 7.18. The van der Waals surface area contributed by atoms with Crippen LogP contribution in [0.4, 0.5) is 10.5 Å². The molecule has 1 aromatic carbocycles. The van der Waals surface area contributed by atoms with Crippen LogP contribution in [0.2, 0.25) is 0 Å². The molecule has 1 N–H and O–H groups in total. The van der Waals surface area contributed by atoms with Crippen molar-refractivity contribution < 1.29 is 9.53 Å². The van der Waals surface area contributed by atoms with Crippen molar-refractivity contribution in [3.63, 3.8) is 0 Å². The maximum absolute atomic E-state index is 12.0. The number of nitrogens with zero attached hydrogens (tertiary/aromatic N) is 3. The Balaban J connectivity index is 1.64. The second kappa shape index (κ2) is 5.98. The predicted octanol–water partition coefficient (Wildman–Crippen LogP) is 2.07. The van der Waals surface area contributed by atoms with Crippen LogP contribution in [0.25, 0.3) is 11.3 Å². The Morgan fingerprint density at radius 3 is 2.65 bits per heavy atom. The van der Waals surface area contributed by atoms with Crippen molar-refractivity contribution in [3.05, 3.63) is 29.6 Å². The number of amides is 2. The number of hydrogen-bond donors (Lipinski definition) is 1. The molecule has 2 amide bonds. The molecular formula is C13H14N4O2S. The Kier molecular flexibility index (Phi) is 3.89. The van der Waals surface area contributed by atoms with E-state index in [0.29, 0.717) is 26.3 Å². The van der Waals surface area contributed by atoms with Gasteiger partial charge in [-0.2, -0.15) is 0 Å². The number of ether oxygens (including phenoxy) is 1. The Morgan fingerprint density at radius 2 is 2.00 bits per heavy atom. The molecule has 0 radical (unpaired) electrons. The van der Waals surface area contributed by atoms with E-state index in [2.05, 4.69) is 14.9 Å². The van der Waals surface area contributed by atoms with Crippen molar-refractivity contribution in [2.24, 2.45) is 0 Å². The first-order chi connectivity index (χ1) is 9.83. The number of aromatic nitrogens is 2. The summed E-state index contributed by atoms with van der Waals surface area (Å²) in [6.07, 6.45) is 0. The Bertz CT molecular complexity index is 565. The highest BCUT2D eigenvalue weighted by Crippen LogP contribution is 2.20. The molecule has 1 aliphatic rings. The minimum atomic E-state index is -0.0867. The minimum Gasteiger partial charge on any atom is -0.378 e. The van der Waals surface area contributed by atoms with Crippen molar-refractivity contribution in [2.75, 3.05) is 31.6 Å². The number of carbonyl (C=O) groups is 1. The average molecular weight is 290 g/mol. The SMILES string of the molecule is O=C(Nc1ccc(-c2csnn2)cc1)N1CCOCC1. The highest BCUT2D eigenvalue weighted by molar-refractivity contribution is 7.03. The normalized spacial score (nSPS) is 15.1. The first kappa shape index (κ1) is 13.0. The number of hydrogen-bond acceptors (Lipinski definition) is 5. The van der Waals surface area contributed by atoms with E-state index < -0.39 is 0 Å². The third-order valence-corrected chi connectivity index (χ3v) is 3.59. The van der Waals surface area contributed by atoms with Gasteiger partial charge in [0.15, 0.2) is 0 Å². The van der Waals surface area contributed by atoms with Gasteiger partial charge in [0.25, 0.3) is 0 Å². The lowest BCUT2D eigenvalue weighted by Crippen LogP contribution is -2.43. The van der Waals surface area contributed by atoms with E-state index in [1.807, 2.05) is 29.6 Å². The van der Waals surface area contributed by atoms with E-state index in [1.165, 1.54) is 11.5 Å². The summed E-state index contributed by atoms with van der Waals surface area (Å²) in [7, 11) is 0. The molecule has 20 heavy (non-hydrogen) atoms. The molecule has 2 aromatic rings. The zero-order valence-electron chi connectivity index (χ0n) is 10.8. The summed E-state index contributed by atoms with van der Waals surface area (Å²) >= 11 is 1.32. The van der Waals surface area contributed by atoms with E-state index in [4.69, 9.17) is 4.74 Å². The Labute approximate surface area is 120 Å². The molecule has 1 aromatic heterocycles. The number of urea groups is 1. The molecule has 0 unspecified atom stereocenters. The standard InChI is InChI=1S/C13H14N4O2S/c18-13(17-5-7-19-8-6-17)14-11-3-1-10(2-4-11)12-9-20-16-15-12/h1-4,9H,5-8H2,(H,14,18). The maximum atomic E-state index is 12.0. The quantitative estimate of drug-likeness (QED) is 0.919. The summed E-state index contributed by atoms with van der Waals surface area (Å²) in [5.41, 5.74) is 2.61. The van der Waals surface area contributed by atoms with Gasteiger partial charge < -0.3 is 15.0 Å². The molecule has 2 heterocycles. The van der Waals surface area contributed by atoms with E-state index in [1.54, 1.807) is 4.90 Å². The van der Waals surface area contributed by atoms with Crippen LogP contribution in [0.15, 0.2) is 29.6 Å². The van der Waals surface area contributed by atoms with Crippen molar-refractivity contribution in [1.82, 2.24) is 14.5 Å². The smallest absolute Gasteiger partial charge is 0.321 e. The molecule has 0 saturated carbocycles. The fraction of sp³-hybridized carbons (Fsp3) is 0.308. The fourth-order valence-corrected chi connectivity index (χ4v) is 2.45. The van der Waals surface area contributed by atoms with Gasteiger partial charge >= 0.3 is 6.03 Å². The Morgan fingerprint density at radius 1 is 1.25 bits per heavy atom. The maximum Gasteiger partial charge on any atom is 0.321 e. The van der Waals surface area contributed by atoms with Gasteiger partial charge in [-0.3, -0.25) is 0 Å². The highest BCUT2D eigenvalue weighted by Gasteiger charge is 2.16. The number of carbonyl (C=O) groups excluding carboxylic acids is 1. The van der Waals surface area contributed by atoms with E-state index in [0.717, 1.165) is 16.9 Å². The van der Waals surface area contributed by atoms with Gasteiger partial charge in [-0.15, -0.1) is 5.10 Å². The lowest BCUT2D eigenvalue weighted by atomic mass is 10.1. The molecule has 1 aliphatic heterocycles. The van der Waals surface area contributed by atoms with Gasteiger partial charge in [-0.05, 0) is 23.7 Å². The van der Waals surface area contributed by atoms with Gasteiger partial charge in [-0.1, -0.05) is 16.6 Å². The third kappa shape index (κ3) is 2.94. The van der Waals surface area contributed by atoms with Crippen LogP contribution in [-0.4, -0.2) is 46.8 Å². The molecule has 1 saturated heterocycles. The fourth-order valence-electron chi connectivity index (χ4n) is 1.98. The number of rotatable bonds is 2. The van der Waals surface area contributed by atoms with E-state index in [-0.39, 0.29) is 6.03 Å². The van der Waals surface area contributed by atoms with E-state index in [9.17, 15) is 4.79 Å². The van der Waals surface area contributed by atoms with Crippen LogP contribution >= 0.6 is 11.5 Å². The predicted molar refractivity (Wildman–Crippen MR) is 76.8 cm³/mol. The molecule has 0 atom stereocenters. The lowest BCUT2D eigenvalue weighted by Gasteiger charge is -2.26. The summed E-state index contributed by atoms with van der Waals surface area (Å²) in [5, 5.41) is 8.78. The van der Waals surface area contributed by atoms with Crippen molar-refractivity contribution in [3.8, 4) is 11.3 Å². The van der Waals surface area contributed by atoms with Crippen molar-refractivity contribution >= 4 is 23.3 Å². The molecule has 7 heteroatoms. The Hall–Kier alpha value is -1.99. The van der Waals surface area contributed by atoms with Gasteiger partial charge in [0.05, 0.1) is 13.2 Å². The monoisotopic (exact) mass is 290 g/mol. The molecule has 104 valence electrons. The summed E-state index contributed by atoms with van der Waals surface area (Å²) in [4.78, 5) is 13.8. The minimum absolute atomic E-state index is 0.0867. The number of benzene rings is 1. The van der Waals surface area contributed by atoms with Crippen LogP contribution < -0.4 is 5.32 Å². The van der Waals surface area contributed by atoms with Crippen molar-refractivity contribution in [2.45, 2.75) is 0 Å². The van der Waals surface area contributed by atoms with Crippen LogP contribution in [-0.2, 0) is 4.74 Å². The first-order valence-electron chi connectivity index (χ1n) is 6.34. The zero-order chi connectivity index (χ0) is 13.8.